The smallest absolute Gasteiger partial charge is 0.312 e. The first-order valence-corrected chi connectivity index (χ1v) is 8.47. The molecule has 4 saturated carbocycles. The second kappa shape index (κ2) is 5.52. The lowest BCUT2D eigenvalue weighted by Crippen LogP contribution is -2.58. The van der Waals surface area contributed by atoms with E-state index in [9.17, 15) is 14.7 Å². The number of esters is 1. The number of aliphatic hydroxyl groups is 1. The number of carbonyl (C=O) groups is 2. The van der Waals surface area contributed by atoms with Gasteiger partial charge in [0, 0.05) is 6.54 Å². The molecular weight excluding hydrogens is 282 g/mol. The van der Waals surface area contributed by atoms with Crippen molar-refractivity contribution >= 4 is 11.9 Å². The van der Waals surface area contributed by atoms with Crippen LogP contribution in [-0.4, -0.2) is 35.7 Å². The zero-order valence-electron chi connectivity index (χ0n) is 13.6. The third kappa shape index (κ3) is 3.00. The summed E-state index contributed by atoms with van der Waals surface area (Å²) in [6, 6.07) is 0. The van der Waals surface area contributed by atoms with E-state index in [0.29, 0.717) is 30.7 Å². The third-order valence-electron chi connectivity index (χ3n) is 5.51. The molecule has 4 bridgehead atoms. The molecule has 0 heterocycles. The molecule has 22 heavy (non-hydrogen) atoms. The molecule has 4 rings (SSSR count). The largest absolute Gasteiger partial charge is 0.455 e. The summed E-state index contributed by atoms with van der Waals surface area (Å²) < 4.78 is 5.30. The van der Waals surface area contributed by atoms with Crippen molar-refractivity contribution in [2.45, 2.75) is 58.0 Å². The van der Waals surface area contributed by atoms with Crippen molar-refractivity contribution in [3.63, 3.8) is 0 Å². The van der Waals surface area contributed by atoms with Crippen molar-refractivity contribution in [3.05, 3.63) is 0 Å². The molecule has 0 radical (unpaired) electrons. The molecule has 0 aromatic carbocycles. The van der Waals surface area contributed by atoms with Gasteiger partial charge in [0.1, 0.15) is 0 Å². The van der Waals surface area contributed by atoms with Crippen LogP contribution in [0.3, 0.4) is 0 Å². The fraction of sp³-hybridized carbons (Fsp3) is 0.882. The van der Waals surface area contributed by atoms with Crippen LogP contribution in [0.1, 0.15) is 52.4 Å². The highest BCUT2D eigenvalue weighted by atomic mass is 16.5. The Labute approximate surface area is 131 Å². The Bertz CT molecular complexity index is 459. The molecule has 2 N–H and O–H groups in total. The summed E-state index contributed by atoms with van der Waals surface area (Å²) in [7, 11) is 0. The molecule has 124 valence electrons. The topological polar surface area (TPSA) is 75.6 Å². The number of hydrogen-bond donors (Lipinski definition) is 2. The zero-order valence-corrected chi connectivity index (χ0v) is 13.6. The minimum Gasteiger partial charge on any atom is -0.455 e. The van der Waals surface area contributed by atoms with Crippen LogP contribution >= 0.6 is 0 Å². The lowest BCUT2D eigenvalue weighted by molar-refractivity contribution is -0.196. The van der Waals surface area contributed by atoms with Crippen molar-refractivity contribution in [3.8, 4) is 0 Å². The van der Waals surface area contributed by atoms with Gasteiger partial charge in [-0.25, -0.2) is 0 Å². The van der Waals surface area contributed by atoms with Crippen molar-refractivity contribution in [2.75, 3.05) is 13.2 Å². The molecule has 4 atom stereocenters. The van der Waals surface area contributed by atoms with Gasteiger partial charge in [0.2, 0.25) is 0 Å². The van der Waals surface area contributed by atoms with E-state index in [2.05, 4.69) is 5.32 Å². The summed E-state index contributed by atoms with van der Waals surface area (Å²) in [6.45, 7) is 4.41. The van der Waals surface area contributed by atoms with E-state index in [1.54, 1.807) is 0 Å². The number of nitrogens with one attached hydrogen (secondary N) is 1. The molecule has 0 aromatic heterocycles. The van der Waals surface area contributed by atoms with Crippen LogP contribution in [0.4, 0.5) is 0 Å². The summed E-state index contributed by atoms with van der Waals surface area (Å²) in [5.41, 5.74) is -1.22. The molecule has 5 heteroatoms. The second-order valence-electron chi connectivity index (χ2n) is 8.24. The number of hydrogen-bond acceptors (Lipinski definition) is 4. The Kier molecular flexibility index (Phi) is 3.96. The maximum Gasteiger partial charge on any atom is 0.312 e. The molecule has 0 aromatic rings. The van der Waals surface area contributed by atoms with E-state index in [1.807, 2.05) is 13.8 Å². The predicted octanol–water partition coefficient (Wildman–Crippen LogP) is 1.63. The summed E-state index contributed by atoms with van der Waals surface area (Å²) in [5, 5.41) is 13.4. The highest BCUT2D eigenvalue weighted by Crippen LogP contribution is 2.61. The molecule has 2 unspecified atom stereocenters. The van der Waals surface area contributed by atoms with Gasteiger partial charge in [0.25, 0.3) is 5.91 Å². The summed E-state index contributed by atoms with van der Waals surface area (Å²) in [5.74, 6) is 0.726. The monoisotopic (exact) mass is 309 g/mol. The number of carbonyl (C=O) groups excluding carboxylic acids is 2. The minimum absolute atomic E-state index is 0.207. The normalized spacial score (nSPS) is 39.1. The van der Waals surface area contributed by atoms with Gasteiger partial charge in [-0.1, -0.05) is 13.8 Å². The summed E-state index contributed by atoms with van der Waals surface area (Å²) >= 11 is 0. The maximum atomic E-state index is 12.6. The van der Waals surface area contributed by atoms with E-state index in [-0.39, 0.29) is 18.5 Å². The van der Waals surface area contributed by atoms with Crippen LogP contribution in [0.2, 0.25) is 0 Å². The Hall–Kier alpha value is -1.10. The lowest BCUT2D eigenvalue weighted by atomic mass is 9.48. The number of ether oxygens (including phenoxy) is 1. The van der Waals surface area contributed by atoms with Gasteiger partial charge in [-0.2, -0.15) is 0 Å². The van der Waals surface area contributed by atoms with Crippen LogP contribution in [0, 0.1) is 23.2 Å². The van der Waals surface area contributed by atoms with Crippen molar-refractivity contribution in [2.24, 2.45) is 23.2 Å². The van der Waals surface area contributed by atoms with E-state index >= 15 is 0 Å². The highest BCUT2D eigenvalue weighted by molar-refractivity contribution is 5.83. The van der Waals surface area contributed by atoms with Crippen molar-refractivity contribution < 1.29 is 19.4 Å². The standard InChI is InChI=1S/C17H27NO4/c1-11(2)8-18-14(19)9-22-15(20)16-4-12-3-13(5-16)7-17(21,6-12)10-16/h11-13,21H,3-10H2,1-2H3,(H,18,19)/t12-,13+,16?,17?. The molecule has 0 spiro atoms. The van der Waals surface area contributed by atoms with Crippen LogP contribution in [0.5, 0.6) is 0 Å². The first-order valence-electron chi connectivity index (χ1n) is 8.47. The fourth-order valence-electron chi connectivity index (χ4n) is 5.11. The molecule has 5 nitrogen and oxygen atoms in total. The van der Waals surface area contributed by atoms with E-state index in [0.717, 1.165) is 32.1 Å². The summed E-state index contributed by atoms with van der Waals surface area (Å²) in [4.78, 5) is 24.3. The van der Waals surface area contributed by atoms with Gasteiger partial charge in [-0.3, -0.25) is 9.59 Å². The molecule has 0 saturated heterocycles. The SMILES string of the molecule is CC(C)CNC(=O)COC(=O)C12C[C@@H]3C[C@@H](CC(O)(C3)C1)C2. The van der Waals surface area contributed by atoms with Gasteiger partial charge in [-0.15, -0.1) is 0 Å². The third-order valence-corrected chi connectivity index (χ3v) is 5.51. The molecule has 4 fully saturated rings. The molecule has 4 aliphatic carbocycles. The van der Waals surface area contributed by atoms with Gasteiger partial charge in [0.05, 0.1) is 11.0 Å². The van der Waals surface area contributed by atoms with Crippen LogP contribution in [-0.2, 0) is 14.3 Å². The number of amides is 1. The average Bonchev–Trinajstić information content (AvgIpc) is 2.39. The first-order chi connectivity index (χ1) is 10.3. The Morgan fingerprint density at radius 2 is 1.86 bits per heavy atom. The van der Waals surface area contributed by atoms with Crippen LogP contribution < -0.4 is 5.32 Å². The molecular formula is C17H27NO4. The molecule has 4 aliphatic rings. The van der Waals surface area contributed by atoms with E-state index in [1.165, 1.54) is 0 Å². The predicted molar refractivity (Wildman–Crippen MR) is 80.9 cm³/mol. The fourth-order valence-corrected chi connectivity index (χ4v) is 5.11. The number of rotatable bonds is 5. The van der Waals surface area contributed by atoms with Crippen molar-refractivity contribution in [1.82, 2.24) is 5.32 Å². The van der Waals surface area contributed by atoms with Crippen LogP contribution in [0.25, 0.3) is 0 Å². The van der Waals surface area contributed by atoms with Gasteiger partial charge >= 0.3 is 5.97 Å². The van der Waals surface area contributed by atoms with Gasteiger partial charge in [0.15, 0.2) is 6.61 Å². The first kappa shape index (κ1) is 15.8. The zero-order chi connectivity index (χ0) is 16.0. The molecule has 0 aliphatic heterocycles. The van der Waals surface area contributed by atoms with Gasteiger partial charge in [-0.05, 0) is 56.3 Å². The average molecular weight is 309 g/mol. The Morgan fingerprint density at radius 1 is 1.23 bits per heavy atom. The summed E-state index contributed by atoms with van der Waals surface area (Å²) in [6.07, 6.45) is 4.93. The quantitative estimate of drug-likeness (QED) is 0.757. The minimum atomic E-state index is -0.678. The van der Waals surface area contributed by atoms with Crippen LogP contribution in [0.15, 0.2) is 0 Å². The van der Waals surface area contributed by atoms with Gasteiger partial charge < -0.3 is 15.2 Å². The Morgan fingerprint density at radius 3 is 2.41 bits per heavy atom. The van der Waals surface area contributed by atoms with Crippen molar-refractivity contribution in [1.29, 1.82) is 0 Å². The van der Waals surface area contributed by atoms with E-state index < -0.39 is 11.0 Å². The highest BCUT2D eigenvalue weighted by Gasteiger charge is 2.60. The van der Waals surface area contributed by atoms with E-state index in [4.69, 9.17) is 4.74 Å². The second-order valence-corrected chi connectivity index (χ2v) is 8.24. The Balaban J connectivity index is 1.57. The lowest BCUT2D eigenvalue weighted by Gasteiger charge is -2.58. The maximum absolute atomic E-state index is 12.6. The molecule has 1 amide bonds.